The highest BCUT2D eigenvalue weighted by Gasteiger charge is 2.19. The average Bonchev–Trinajstić information content (AvgIpc) is 3.38. The topological polar surface area (TPSA) is 43.6 Å². The van der Waals surface area contributed by atoms with Crippen LogP contribution >= 0.6 is 11.3 Å². The number of fused-ring (bicyclic) bond motifs is 6. The molecule has 7 rings (SSSR count). The number of thiophene rings is 1. The highest BCUT2D eigenvalue weighted by molar-refractivity contribution is 7.25. The van der Waals surface area contributed by atoms with Gasteiger partial charge in [0.25, 0.3) is 0 Å². The first kappa shape index (κ1) is 17.6. The van der Waals surface area contributed by atoms with Gasteiger partial charge < -0.3 is 4.57 Å². The second-order valence-corrected chi connectivity index (χ2v) is 8.81. The number of hydrogen-bond donors (Lipinski definition) is 0. The molecule has 32 heavy (non-hydrogen) atoms. The van der Waals surface area contributed by atoms with E-state index < -0.39 is 0 Å². The molecular weight excluding hydrogens is 412 g/mol. The molecule has 0 saturated heterocycles. The molecule has 0 saturated carbocycles. The van der Waals surface area contributed by atoms with Crippen molar-refractivity contribution in [1.29, 1.82) is 0 Å². The molecule has 5 heteroatoms. The molecule has 4 aromatic heterocycles. The lowest BCUT2D eigenvalue weighted by atomic mass is 10.1. The van der Waals surface area contributed by atoms with E-state index in [0.29, 0.717) is 0 Å². The van der Waals surface area contributed by atoms with Crippen LogP contribution in [0.25, 0.3) is 59.2 Å². The molecule has 0 bridgehead atoms. The van der Waals surface area contributed by atoms with E-state index in [1.165, 1.54) is 15.5 Å². The number of benzene rings is 3. The van der Waals surface area contributed by atoms with Crippen molar-refractivity contribution in [3.8, 4) is 16.9 Å². The van der Waals surface area contributed by atoms with Crippen molar-refractivity contribution in [1.82, 2.24) is 19.5 Å². The molecular formula is C27H16N4S. The zero-order valence-corrected chi connectivity index (χ0v) is 17.8. The van der Waals surface area contributed by atoms with Gasteiger partial charge in [-0.25, -0.2) is 15.0 Å². The Hall–Kier alpha value is -4.09. The zero-order chi connectivity index (χ0) is 21.1. The summed E-state index contributed by atoms with van der Waals surface area (Å²) in [5.74, 6) is 0. The molecule has 0 aliphatic heterocycles. The maximum Gasteiger partial charge on any atom is 0.125 e. The quantitative estimate of drug-likeness (QED) is 0.298. The summed E-state index contributed by atoms with van der Waals surface area (Å²) in [5.41, 5.74) is 6.08. The van der Waals surface area contributed by atoms with E-state index in [-0.39, 0.29) is 0 Å². The molecule has 0 radical (unpaired) electrons. The van der Waals surface area contributed by atoms with Crippen LogP contribution in [0.4, 0.5) is 0 Å². The van der Waals surface area contributed by atoms with E-state index >= 15 is 0 Å². The molecule has 0 unspecified atom stereocenters. The summed E-state index contributed by atoms with van der Waals surface area (Å²) in [7, 11) is 0. The van der Waals surface area contributed by atoms with Gasteiger partial charge in [0.15, 0.2) is 0 Å². The summed E-state index contributed by atoms with van der Waals surface area (Å²) < 4.78 is 3.51. The summed E-state index contributed by atoms with van der Waals surface area (Å²) in [6, 6.07) is 29.5. The van der Waals surface area contributed by atoms with E-state index in [9.17, 15) is 0 Å². The summed E-state index contributed by atoms with van der Waals surface area (Å²) in [6.45, 7) is 0. The number of hydrogen-bond acceptors (Lipinski definition) is 4. The van der Waals surface area contributed by atoms with E-state index in [4.69, 9.17) is 4.98 Å². The Bertz CT molecular complexity index is 1780. The number of rotatable bonds is 2. The molecule has 3 aromatic carbocycles. The minimum atomic E-state index is 0.901. The minimum absolute atomic E-state index is 0.901. The van der Waals surface area contributed by atoms with Crippen LogP contribution in [0.2, 0.25) is 0 Å². The van der Waals surface area contributed by atoms with E-state index in [0.717, 1.165) is 43.7 Å². The van der Waals surface area contributed by atoms with Gasteiger partial charge in [0.2, 0.25) is 0 Å². The molecule has 0 aliphatic carbocycles. The van der Waals surface area contributed by atoms with Crippen molar-refractivity contribution < 1.29 is 0 Å². The van der Waals surface area contributed by atoms with Crippen LogP contribution in [-0.2, 0) is 0 Å². The Morgan fingerprint density at radius 1 is 0.719 bits per heavy atom. The van der Waals surface area contributed by atoms with Gasteiger partial charge in [-0.2, -0.15) is 0 Å². The van der Waals surface area contributed by atoms with Crippen LogP contribution in [0, 0.1) is 0 Å². The van der Waals surface area contributed by atoms with Crippen molar-refractivity contribution in [2.75, 3.05) is 0 Å². The van der Waals surface area contributed by atoms with Crippen LogP contribution in [-0.4, -0.2) is 19.5 Å². The van der Waals surface area contributed by atoms with Gasteiger partial charge in [-0.3, -0.25) is 0 Å². The molecule has 0 N–H and O–H groups in total. The number of pyridine rings is 1. The second-order valence-electron chi connectivity index (χ2n) is 7.78. The van der Waals surface area contributed by atoms with E-state index in [1.807, 2.05) is 24.4 Å². The van der Waals surface area contributed by atoms with Crippen molar-refractivity contribution in [3.63, 3.8) is 0 Å². The molecule has 150 valence electrons. The predicted octanol–water partition coefficient (Wildman–Crippen LogP) is 7.00. The van der Waals surface area contributed by atoms with Crippen molar-refractivity contribution >= 4 is 53.6 Å². The largest absolute Gasteiger partial charge is 0.304 e. The molecule has 4 nitrogen and oxygen atoms in total. The predicted molar refractivity (Wildman–Crippen MR) is 132 cm³/mol. The van der Waals surface area contributed by atoms with Gasteiger partial charge in [0.05, 0.1) is 34.1 Å². The number of para-hydroxylation sites is 1. The lowest BCUT2D eigenvalue weighted by Gasteiger charge is -2.12. The van der Waals surface area contributed by atoms with Crippen molar-refractivity contribution in [2.24, 2.45) is 0 Å². The number of nitrogens with zero attached hydrogens (tertiary/aromatic N) is 4. The van der Waals surface area contributed by atoms with Gasteiger partial charge >= 0.3 is 0 Å². The highest BCUT2D eigenvalue weighted by atomic mass is 32.1. The van der Waals surface area contributed by atoms with Gasteiger partial charge in [0, 0.05) is 26.4 Å². The van der Waals surface area contributed by atoms with E-state index in [2.05, 4.69) is 81.3 Å². The van der Waals surface area contributed by atoms with Gasteiger partial charge in [-0.1, -0.05) is 66.7 Å². The summed E-state index contributed by atoms with van der Waals surface area (Å²) in [4.78, 5) is 15.3. The maximum absolute atomic E-state index is 5.15. The first-order valence-electron chi connectivity index (χ1n) is 10.5. The monoisotopic (exact) mass is 428 g/mol. The van der Waals surface area contributed by atoms with Gasteiger partial charge in [-0.05, 0) is 18.2 Å². The Labute approximate surface area is 187 Å². The molecule has 0 amide bonds. The average molecular weight is 429 g/mol. The third-order valence-electron chi connectivity index (χ3n) is 5.97. The zero-order valence-electron chi connectivity index (χ0n) is 16.9. The first-order chi connectivity index (χ1) is 15.9. The fraction of sp³-hybridized carbons (Fsp3) is 0. The summed E-state index contributed by atoms with van der Waals surface area (Å²) in [6.07, 6.45) is 3.51. The molecule has 0 spiro atoms. The second kappa shape index (κ2) is 6.70. The van der Waals surface area contributed by atoms with E-state index in [1.54, 1.807) is 17.7 Å². The Balaban J connectivity index is 1.65. The Morgan fingerprint density at radius 2 is 1.50 bits per heavy atom. The lowest BCUT2D eigenvalue weighted by Crippen LogP contribution is -2.00. The number of aromatic nitrogens is 4. The van der Waals surface area contributed by atoms with Crippen molar-refractivity contribution in [3.05, 3.63) is 97.5 Å². The Morgan fingerprint density at radius 3 is 2.41 bits per heavy atom. The SMILES string of the molecule is c1ccc(-c2ncncc2-n2c3ccccc3c3nc4sc5ccccc5c4cc32)cc1. The van der Waals surface area contributed by atoms with Crippen LogP contribution in [0.15, 0.2) is 97.5 Å². The molecule has 0 atom stereocenters. The smallest absolute Gasteiger partial charge is 0.125 e. The summed E-state index contributed by atoms with van der Waals surface area (Å²) in [5, 5.41) is 3.55. The van der Waals surface area contributed by atoms with Crippen LogP contribution in [0.5, 0.6) is 0 Å². The van der Waals surface area contributed by atoms with Gasteiger partial charge in [-0.15, -0.1) is 11.3 Å². The highest BCUT2D eigenvalue weighted by Crippen LogP contribution is 2.39. The first-order valence-corrected chi connectivity index (χ1v) is 11.3. The molecule has 0 fully saturated rings. The minimum Gasteiger partial charge on any atom is -0.304 e. The lowest BCUT2D eigenvalue weighted by molar-refractivity contribution is 1.08. The summed E-state index contributed by atoms with van der Waals surface area (Å²) >= 11 is 1.75. The molecule has 0 aliphatic rings. The fourth-order valence-corrected chi connectivity index (χ4v) is 5.63. The van der Waals surface area contributed by atoms with Crippen LogP contribution < -0.4 is 0 Å². The molecule has 4 heterocycles. The maximum atomic E-state index is 5.15. The standard InChI is InChI=1S/C27H16N4S/c1-2-8-17(9-3-1)25-23(15-28-16-29-25)31-21-12-6-4-11-19(21)26-22(31)14-20-18-10-5-7-13-24(18)32-27(20)30-26/h1-16H. The van der Waals surface area contributed by atoms with Crippen molar-refractivity contribution in [2.45, 2.75) is 0 Å². The van der Waals surface area contributed by atoms with Crippen LogP contribution in [0.1, 0.15) is 0 Å². The third-order valence-corrected chi connectivity index (χ3v) is 7.05. The fourth-order valence-electron chi connectivity index (χ4n) is 4.57. The normalized spacial score (nSPS) is 11.8. The van der Waals surface area contributed by atoms with Gasteiger partial charge in [0.1, 0.15) is 11.2 Å². The van der Waals surface area contributed by atoms with Crippen LogP contribution in [0.3, 0.4) is 0 Å². The molecule has 7 aromatic rings. The Kier molecular flexibility index (Phi) is 3.68. The third kappa shape index (κ3) is 2.46.